The highest BCUT2D eigenvalue weighted by atomic mass is 14.2. The highest BCUT2D eigenvalue weighted by molar-refractivity contribution is 4.87. The zero-order chi connectivity index (χ0) is 9.83. The van der Waals surface area contributed by atoms with Gasteiger partial charge in [-0.05, 0) is 23.7 Å². The number of hydrogen-bond acceptors (Lipinski definition) is 0. The van der Waals surface area contributed by atoms with Crippen LogP contribution in [0, 0.1) is 10.8 Å². The molecule has 0 heterocycles. The molecular formula is C12H24. The van der Waals surface area contributed by atoms with Gasteiger partial charge >= 0.3 is 0 Å². The lowest BCUT2D eigenvalue weighted by Crippen LogP contribution is -2.10. The lowest BCUT2D eigenvalue weighted by molar-refractivity contribution is 0.322. The molecule has 0 saturated carbocycles. The molecule has 0 aliphatic carbocycles. The molecule has 0 nitrogen and oxygen atoms in total. The van der Waals surface area contributed by atoms with E-state index in [-0.39, 0.29) is 0 Å². The Labute approximate surface area is 78.1 Å². The fourth-order valence-corrected chi connectivity index (χ4v) is 1.18. The van der Waals surface area contributed by atoms with Gasteiger partial charge in [0.2, 0.25) is 0 Å². The van der Waals surface area contributed by atoms with Gasteiger partial charge in [0.05, 0.1) is 0 Å². The van der Waals surface area contributed by atoms with Crippen molar-refractivity contribution in [3.63, 3.8) is 0 Å². The summed E-state index contributed by atoms with van der Waals surface area (Å²) in [6.45, 7) is 15.3. The van der Waals surface area contributed by atoms with Crippen LogP contribution in [-0.2, 0) is 0 Å². The summed E-state index contributed by atoms with van der Waals surface area (Å²) in [7, 11) is 0. The first-order valence-corrected chi connectivity index (χ1v) is 4.90. The van der Waals surface area contributed by atoms with Crippen molar-refractivity contribution < 1.29 is 0 Å². The summed E-state index contributed by atoms with van der Waals surface area (Å²) in [6.07, 6.45) is 5.94. The lowest BCUT2D eigenvalue weighted by atomic mass is 9.83. The molecule has 0 heteroatoms. The van der Waals surface area contributed by atoms with Crippen LogP contribution in [0.2, 0.25) is 0 Å². The summed E-state index contributed by atoms with van der Waals surface area (Å²) in [5.41, 5.74) is 0.808. The Balaban J connectivity index is 3.64. The van der Waals surface area contributed by atoms with Gasteiger partial charge in [-0.15, -0.1) is 6.58 Å². The first-order valence-electron chi connectivity index (χ1n) is 4.90. The largest absolute Gasteiger partial charge is 0.103 e. The second kappa shape index (κ2) is 4.11. The smallest absolute Gasteiger partial charge is 0.0178 e. The topological polar surface area (TPSA) is 0 Å². The van der Waals surface area contributed by atoms with E-state index in [1.54, 1.807) is 0 Å². The molecule has 0 aromatic heterocycles. The van der Waals surface area contributed by atoms with Crippen LogP contribution in [0.25, 0.3) is 0 Å². The average molecular weight is 168 g/mol. The molecular weight excluding hydrogens is 144 g/mol. The Morgan fingerprint density at radius 3 is 1.83 bits per heavy atom. The van der Waals surface area contributed by atoms with E-state index >= 15 is 0 Å². The molecule has 12 heavy (non-hydrogen) atoms. The number of hydrogen-bond donors (Lipinski definition) is 0. The van der Waals surface area contributed by atoms with Crippen molar-refractivity contribution in [2.24, 2.45) is 10.8 Å². The van der Waals surface area contributed by atoms with Gasteiger partial charge in [-0.2, -0.15) is 0 Å². The Morgan fingerprint density at radius 2 is 1.50 bits per heavy atom. The molecule has 0 unspecified atom stereocenters. The van der Waals surface area contributed by atoms with Gasteiger partial charge in [0.15, 0.2) is 0 Å². The van der Waals surface area contributed by atoms with Crippen molar-refractivity contribution >= 4 is 0 Å². The third-order valence-corrected chi connectivity index (χ3v) is 2.30. The molecule has 0 aliphatic heterocycles. The van der Waals surface area contributed by atoms with E-state index in [9.17, 15) is 0 Å². The molecule has 0 aliphatic rings. The van der Waals surface area contributed by atoms with E-state index in [0.29, 0.717) is 10.8 Å². The summed E-state index contributed by atoms with van der Waals surface area (Å²) in [4.78, 5) is 0. The van der Waals surface area contributed by atoms with Gasteiger partial charge in [0.25, 0.3) is 0 Å². The highest BCUT2D eigenvalue weighted by Crippen LogP contribution is 2.28. The highest BCUT2D eigenvalue weighted by Gasteiger charge is 2.15. The molecule has 0 N–H and O–H groups in total. The maximum absolute atomic E-state index is 3.85. The van der Waals surface area contributed by atoms with Crippen molar-refractivity contribution in [2.45, 2.75) is 53.9 Å². The van der Waals surface area contributed by atoms with E-state index < -0.39 is 0 Å². The van der Waals surface area contributed by atoms with E-state index in [0.717, 1.165) is 0 Å². The zero-order valence-electron chi connectivity index (χ0n) is 9.41. The van der Waals surface area contributed by atoms with Gasteiger partial charge < -0.3 is 0 Å². The van der Waals surface area contributed by atoms with Crippen molar-refractivity contribution in [1.29, 1.82) is 0 Å². The van der Waals surface area contributed by atoms with Crippen molar-refractivity contribution in [3.05, 3.63) is 12.7 Å². The quantitative estimate of drug-likeness (QED) is 0.545. The Morgan fingerprint density at radius 1 is 1.00 bits per heavy atom. The van der Waals surface area contributed by atoms with Crippen molar-refractivity contribution in [2.75, 3.05) is 0 Å². The molecule has 0 saturated heterocycles. The Hall–Kier alpha value is -0.260. The number of rotatable bonds is 4. The first-order chi connectivity index (χ1) is 5.27. The maximum Gasteiger partial charge on any atom is -0.0178 e. The minimum atomic E-state index is 0.325. The monoisotopic (exact) mass is 168 g/mol. The second-order valence-electron chi connectivity index (χ2n) is 5.61. The van der Waals surface area contributed by atoms with Crippen LogP contribution in [0.5, 0.6) is 0 Å². The van der Waals surface area contributed by atoms with Crippen LogP contribution < -0.4 is 0 Å². The predicted octanol–water partition coefficient (Wildman–Crippen LogP) is 4.42. The van der Waals surface area contributed by atoms with Gasteiger partial charge in [0.1, 0.15) is 0 Å². The normalized spacial score (nSPS) is 13.1. The predicted molar refractivity (Wildman–Crippen MR) is 57.3 cm³/mol. The maximum atomic E-state index is 3.85. The molecule has 0 fully saturated rings. The third-order valence-electron chi connectivity index (χ3n) is 2.30. The van der Waals surface area contributed by atoms with Crippen LogP contribution in [0.3, 0.4) is 0 Å². The molecule has 0 atom stereocenters. The van der Waals surface area contributed by atoms with Gasteiger partial charge in [-0.25, -0.2) is 0 Å². The van der Waals surface area contributed by atoms with Crippen LogP contribution in [-0.4, -0.2) is 0 Å². The standard InChI is InChI=1S/C12H24/c1-7-12(5,6)10-8-9-11(2,3)4/h7H,1,8-10H2,2-6H3. The van der Waals surface area contributed by atoms with E-state index in [4.69, 9.17) is 0 Å². The fourth-order valence-electron chi connectivity index (χ4n) is 1.18. The zero-order valence-corrected chi connectivity index (χ0v) is 9.41. The van der Waals surface area contributed by atoms with Gasteiger partial charge in [-0.1, -0.05) is 47.1 Å². The molecule has 0 bridgehead atoms. The van der Waals surface area contributed by atoms with Crippen LogP contribution in [0.4, 0.5) is 0 Å². The van der Waals surface area contributed by atoms with Crippen molar-refractivity contribution in [1.82, 2.24) is 0 Å². The van der Waals surface area contributed by atoms with Crippen molar-refractivity contribution in [3.8, 4) is 0 Å². The van der Waals surface area contributed by atoms with E-state index in [2.05, 4.69) is 47.3 Å². The van der Waals surface area contributed by atoms with E-state index in [1.807, 2.05) is 0 Å². The lowest BCUT2D eigenvalue weighted by Gasteiger charge is -2.23. The summed E-state index contributed by atoms with van der Waals surface area (Å²) in [5, 5.41) is 0. The molecule has 0 aromatic rings. The van der Waals surface area contributed by atoms with Crippen LogP contribution >= 0.6 is 0 Å². The summed E-state index contributed by atoms with van der Waals surface area (Å²) < 4.78 is 0. The summed E-state index contributed by atoms with van der Waals surface area (Å²) in [5.74, 6) is 0. The number of allylic oxidation sites excluding steroid dienone is 1. The molecule has 0 rings (SSSR count). The molecule has 0 spiro atoms. The molecule has 0 amide bonds. The third kappa shape index (κ3) is 6.45. The Bertz CT molecular complexity index is 135. The van der Waals surface area contributed by atoms with E-state index in [1.165, 1.54) is 19.3 Å². The molecule has 72 valence electrons. The molecule has 0 radical (unpaired) electrons. The first kappa shape index (κ1) is 11.7. The van der Waals surface area contributed by atoms with Crippen LogP contribution in [0.15, 0.2) is 12.7 Å². The van der Waals surface area contributed by atoms with Gasteiger partial charge in [0, 0.05) is 0 Å². The fraction of sp³-hybridized carbons (Fsp3) is 0.833. The second-order valence-corrected chi connectivity index (χ2v) is 5.61. The van der Waals surface area contributed by atoms with Gasteiger partial charge in [-0.3, -0.25) is 0 Å². The minimum Gasteiger partial charge on any atom is -0.103 e. The van der Waals surface area contributed by atoms with Crippen LogP contribution in [0.1, 0.15) is 53.9 Å². The SMILES string of the molecule is C=CC(C)(C)CCCC(C)(C)C. The molecule has 0 aromatic carbocycles. The summed E-state index contributed by atoms with van der Waals surface area (Å²) >= 11 is 0. The minimum absolute atomic E-state index is 0.325. The average Bonchev–Trinajstić information content (AvgIpc) is 1.84. The summed E-state index contributed by atoms with van der Waals surface area (Å²) in [6, 6.07) is 0. The Kier molecular flexibility index (Phi) is 4.02.